The van der Waals surface area contributed by atoms with E-state index in [9.17, 15) is 4.79 Å². The van der Waals surface area contributed by atoms with Crippen LogP contribution in [0.2, 0.25) is 0 Å². The first-order valence-electron chi connectivity index (χ1n) is 13.9. The normalized spacial score (nSPS) is 14.1. The number of fused-ring (bicyclic) bond motifs is 1. The largest absolute Gasteiger partial charge is 0.379 e. The molecule has 0 radical (unpaired) electrons. The first kappa shape index (κ1) is 28.7. The number of rotatable bonds is 8. The average molecular weight is 557 g/mol. The van der Waals surface area contributed by atoms with E-state index >= 15 is 4.39 Å². The predicted molar refractivity (Wildman–Crippen MR) is 159 cm³/mol. The van der Waals surface area contributed by atoms with Crippen molar-refractivity contribution in [2.24, 2.45) is 0 Å². The Morgan fingerprint density at radius 2 is 1.73 bits per heavy atom. The average Bonchev–Trinajstić information content (AvgIpc) is 2.97. The number of hydrogen-bond donors (Lipinski definition) is 0. The number of aromatic nitrogens is 3. The number of nitrogens with zero attached hydrogens (tertiary/aromatic N) is 6. The Labute approximate surface area is 240 Å². The molecule has 214 valence electrons. The second-order valence-electron chi connectivity index (χ2n) is 11.0. The molecule has 1 saturated heterocycles. The summed E-state index contributed by atoms with van der Waals surface area (Å²) < 4.78 is 20.9. The standard InChI is InChI=1S/C32H37FN6O2/c1-21-15-23(17-27(33)26(21)20-39-11-13-41-14-12-39)25-7-6-8-28-31(25)36-29(19-34-28)24-16-22(2)30(35-18-24)32(40)38(5)10-9-37(3)4/h6-8,15-19H,9-14,20H2,1-5H3. The molecule has 0 N–H and O–H groups in total. The van der Waals surface area contributed by atoms with Gasteiger partial charge in [-0.25, -0.2) is 9.37 Å². The van der Waals surface area contributed by atoms with Crippen LogP contribution in [0.3, 0.4) is 0 Å². The highest BCUT2D eigenvalue weighted by Gasteiger charge is 2.19. The second kappa shape index (κ2) is 12.4. The number of benzene rings is 2. The van der Waals surface area contributed by atoms with Gasteiger partial charge in [0.2, 0.25) is 0 Å². The molecule has 1 amide bonds. The van der Waals surface area contributed by atoms with Gasteiger partial charge in [0.1, 0.15) is 11.5 Å². The van der Waals surface area contributed by atoms with Gasteiger partial charge in [0.25, 0.3) is 5.91 Å². The molecule has 1 aliphatic heterocycles. The minimum Gasteiger partial charge on any atom is -0.379 e. The summed E-state index contributed by atoms with van der Waals surface area (Å²) >= 11 is 0. The molecule has 0 bridgehead atoms. The smallest absolute Gasteiger partial charge is 0.272 e. The fourth-order valence-corrected chi connectivity index (χ4v) is 5.09. The van der Waals surface area contributed by atoms with E-state index in [1.807, 2.05) is 63.2 Å². The molecule has 0 aliphatic carbocycles. The minimum absolute atomic E-state index is 0.114. The minimum atomic E-state index is -0.219. The number of hydrogen-bond acceptors (Lipinski definition) is 7. The van der Waals surface area contributed by atoms with Gasteiger partial charge in [0.05, 0.1) is 36.1 Å². The molecule has 8 nitrogen and oxygen atoms in total. The highest BCUT2D eigenvalue weighted by atomic mass is 19.1. The molecular formula is C32H37FN6O2. The summed E-state index contributed by atoms with van der Waals surface area (Å²) in [7, 11) is 5.74. The maximum absolute atomic E-state index is 15.5. The van der Waals surface area contributed by atoms with Crippen molar-refractivity contribution in [2.75, 3.05) is 60.5 Å². The number of aryl methyl sites for hydroxylation is 2. The van der Waals surface area contributed by atoms with Crippen LogP contribution in [0.15, 0.2) is 48.8 Å². The van der Waals surface area contributed by atoms with Crippen molar-refractivity contribution < 1.29 is 13.9 Å². The molecule has 1 aliphatic rings. The first-order valence-corrected chi connectivity index (χ1v) is 13.9. The summed E-state index contributed by atoms with van der Waals surface area (Å²) in [4.78, 5) is 33.0. The summed E-state index contributed by atoms with van der Waals surface area (Å²) in [6, 6.07) is 11.3. The fraction of sp³-hybridized carbons (Fsp3) is 0.375. The van der Waals surface area contributed by atoms with Gasteiger partial charge in [-0.3, -0.25) is 19.7 Å². The van der Waals surface area contributed by atoms with Crippen LogP contribution in [0, 0.1) is 19.7 Å². The van der Waals surface area contributed by atoms with Crippen molar-refractivity contribution in [3.05, 3.63) is 77.0 Å². The number of pyridine rings is 1. The molecule has 5 rings (SSSR count). The highest BCUT2D eigenvalue weighted by Crippen LogP contribution is 2.31. The number of amides is 1. The summed E-state index contributed by atoms with van der Waals surface area (Å²) in [5.41, 5.74) is 7.21. The van der Waals surface area contributed by atoms with Crippen LogP contribution in [0.4, 0.5) is 4.39 Å². The molecule has 41 heavy (non-hydrogen) atoms. The van der Waals surface area contributed by atoms with Gasteiger partial charge in [-0.2, -0.15) is 0 Å². The van der Waals surface area contributed by atoms with Gasteiger partial charge in [-0.05, 0) is 62.8 Å². The molecule has 9 heteroatoms. The predicted octanol–water partition coefficient (Wildman–Crippen LogP) is 4.58. The van der Waals surface area contributed by atoms with E-state index in [4.69, 9.17) is 9.72 Å². The van der Waals surface area contributed by atoms with Crippen LogP contribution in [-0.4, -0.2) is 96.1 Å². The molecular weight excluding hydrogens is 519 g/mol. The molecule has 2 aromatic heterocycles. The van der Waals surface area contributed by atoms with E-state index in [0.717, 1.165) is 53.0 Å². The number of carbonyl (C=O) groups excluding carboxylic acids is 1. The third-order valence-electron chi connectivity index (χ3n) is 7.59. The van der Waals surface area contributed by atoms with Crippen molar-refractivity contribution in [3.63, 3.8) is 0 Å². The Morgan fingerprint density at radius 3 is 2.44 bits per heavy atom. The molecule has 0 spiro atoms. The van der Waals surface area contributed by atoms with Crippen molar-refractivity contribution in [3.8, 4) is 22.4 Å². The maximum atomic E-state index is 15.5. The molecule has 3 heterocycles. The first-order chi connectivity index (χ1) is 19.7. The zero-order valence-corrected chi connectivity index (χ0v) is 24.4. The lowest BCUT2D eigenvalue weighted by Gasteiger charge is -2.27. The van der Waals surface area contributed by atoms with Gasteiger partial charge < -0.3 is 14.5 Å². The van der Waals surface area contributed by atoms with Crippen LogP contribution >= 0.6 is 0 Å². The van der Waals surface area contributed by atoms with E-state index in [2.05, 4.69) is 14.9 Å². The second-order valence-corrected chi connectivity index (χ2v) is 11.0. The lowest BCUT2D eigenvalue weighted by atomic mass is 9.97. The third kappa shape index (κ3) is 6.43. The highest BCUT2D eigenvalue weighted by molar-refractivity contribution is 5.94. The molecule has 0 unspecified atom stereocenters. The number of halogens is 1. The molecule has 0 atom stereocenters. The summed E-state index contributed by atoms with van der Waals surface area (Å²) in [6.07, 6.45) is 3.38. The summed E-state index contributed by atoms with van der Waals surface area (Å²) in [6.45, 7) is 8.76. The van der Waals surface area contributed by atoms with Gasteiger partial charge in [0.15, 0.2) is 0 Å². The van der Waals surface area contributed by atoms with Crippen LogP contribution < -0.4 is 0 Å². The van der Waals surface area contributed by atoms with Gasteiger partial charge in [-0.1, -0.05) is 18.2 Å². The Bertz CT molecular complexity index is 1540. The van der Waals surface area contributed by atoms with E-state index in [1.54, 1.807) is 30.4 Å². The van der Waals surface area contributed by atoms with E-state index in [0.29, 0.717) is 48.8 Å². The van der Waals surface area contributed by atoms with Crippen LogP contribution in [0.25, 0.3) is 33.4 Å². The lowest BCUT2D eigenvalue weighted by Crippen LogP contribution is -2.36. The SMILES string of the molecule is Cc1cc(-c2cnc3cccc(-c4cc(C)c(CN5CCOCC5)c(F)c4)c3n2)cnc1C(=O)N(C)CCN(C)C. The van der Waals surface area contributed by atoms with Crippen molar-refractivity contribution in [2.45, 2.75) is 20.4 Å². The molecule has 2 aromatic carbocycles. The third-order valence-corrected chi connectivity index (χ3v) is 7.59. The molecule has 1 fully saturated rings. The van der Waals surface area contributed by atoms with E-state index in [-0.39, 0.29) is 11.7 Å². The van der Waals surface area contributed by atoms with Gasteiger partial charge in [-0.15, -0.1) is 0 Å². The van der Waals surface area contributed by atoms with Crippen LogP contribution in [0.5, 0.6) is 0 Å². The fourth-order valence-electron chi connectivity index (χ4n) is 5.09. The number of morpholine rings is 1. The Balaban J connectivity index is 1.45. The van der Waals surface area contributed by atoms with Crippen LogP contribution in [0.1, 0.15) is 27.2 Å². The molecule has 0 saturated carbocycles. The lowest BCUT2D eigenvalue weighted by molar-refractivity contribution is 0.0336. The zero-order valence-electron chi connectivity index (χ0n) is 24.4. The van der Waals surface area contributed by atoms with Crippen molar-refractivity contribution in [1.82, 2.24) is 29.7 Å². The summed E-state index contributed by atoms with van der Waals surface area (Å²) in [5.74, 6) is -0.333. The topological polar surface area (TPSA) is 74.7 Å². The van der Waals surface area contributed by atoms with E-state index < -0.39 is 0 Å². The number of ether oxygens (including phenoxy) is 1. The Kier molecular flexibility index (Phi) is 8.68. The van der Waals surface area contributed by atoms with E-state index in [1.165, 1.54) is 0 Å². The maximum Gasteiger partial charge on any atom is 0.272 e. The number of para-hydroxylation sites is 1. The molecule has 4 aromatic rings. The van der Waals surface area contributed by atoms with Crippen molar-refractivity contribution in [1.29, 1.82) is 0 Å². The Hall–Kier alpha value is -3.79. The Morgan fingerprint density at radius 1 is 0.976 bits per heavy atom. The summed E-state index contributed by atoms with van der Waals surface area (Å²) in [5, 5.41) is 0. The number of likely N-dealkylation sites (N-methyl/N-ethyl adjacent to an activating group) is 2. The van der Waals surface area contributed by atoms with Gasteiger partial charge >= 0.3 is 0 Å². The van der Waals surface area contributed by atoms with Crippen molar-refractivity contribution >= 4 is 16.9 Å². The van der Waals surface area contributed by atoms with Crippen LogP contribution in [-0.2, 0) is 11.3 Å². The monoisotopic (exact) mass is 556 g/mol. The van der Waals surface area contributed by atoms with Gasteiger partial charge in [0, 0.05) is 62.7 Å². The number of carbonyl (C=O) groups is 1. The quantitative estimate of drug-likeness (QED) is 0.315. The zero-order chi connectivity index (χ0) is 29.1.